The second kappa shape index (κ2) is 11.6. The molecule has 0 bridgehead atoms. The van der Waals surface area contributed by atoms with Gasteiger partial charge < -0.3 is 0 Å². The van der Waals surface area contributed by atoms with Crippen molar-refractivity contribution in [3.05, 3.63) is 42.2 Å². The van der Waals surface area contributed by atoms with Crippen molar-refractivity contribution in [2.24, 2.45) is 0 Å². The van der Waals surface area contributed by atoms with E-state index in [-0.39, 0.29) is 0 Å². The van der Waals surface area contributed by atoms with Gasteiger partial charge in [0, 0.05) is 0 Å². The SMILES string of the molecule is CCC[CH2][Sn]([CH2]CCC)([CH2]CCC)[c]1cccc(Oc2ccc(F)c(O)c2)n1. The molecule has 0 fully saturated rings. The molecular weight excluding hydrogens is 460 g/mol. The molecule has 0 aliphatic heterocycles. The van der Waals surface area contributed by atoms with Crippen molar-refractivity contribution in [2.45, 2.75) is 72.6 Å². The molecule has 0 spiro atoms. The molecule has 154 valence electrons. The number of hydrogen-bond acceptors (Lipinski definition) is 3. The van der Waals surface area contributed by atoms with E-state index in [1.165, 1.54) is 73.7 Å². The molecule has 0 saturated carbocycles. The van der Waals surface area contributed by atoms with Crippen molar-refractivity contribution in [2.75, 3.05) is 0 Å². The van der Waals surface area contributed by atoms with E-state index >= 15 is 0 Å². The summed E-state index contributed by atoms with van der Waals surface area (Å²) in [7, 11) is 0. The number of phenols is 1. The van der Waals surface area contributed by atoms with E-state index in [0.717, 1.165) is 0 Å². The van der Waals surface area contributed by atoms with Crippen LogP contribution >= 0.6 is 0 Å². The number of aromatic hydroxyl groups is 1. The predicted octanol–water partition coefficient (Wildman–Crippen LogP) is 6.77. The molecule has 0 aliphatic carbocycles. The van der Waals surface area contributed by atoms with Gasteiger partial charge in [0.05, 0.1) is 0 Å². The van der Waals surface area contributed by atoms with Crippen LogP contribution in [0.5, 0.6) is 17.4 Å². The maximum absolute atomic E-state index is 13.3. The number of ether oxygens (including phenoxy) is 1. The van der Waals surface area contributed by atoms with E-state index in [2.05, 4.69) is 26.8 Å². The number of rotatable bonds is 12. The van der Waals surface area contributed by atoms with E-state index in [9.17, 15) is 9.50 Å². The van der Waals surface area contributed by atoms with Crippen LogP contribution in [-0.4, -0.2) is 28.5 Å². The molecule has 0 radical (unpaired) electrons. The first kappa shape index (κ1) is 23.0. The van der Waals surface area contributed by atoms with Gasteiger partial charge in [-0.3, -0.25) is 0 Å². The van der Waals surface area contributed by atoms with Gasteiger partial charge in [0.1, 0.15) is 0 Å². The van der Waals surface area contributed by atoms with Crippen LogP contribution in [-0.2, 0) is 0 Å². The Hall–Kier alpha value is -1.30. The average Bonchev–Trinajstić information content (AvgIpc) is 2.71. The number of aromatic nitrogens is 1. The Labute approximate surface area is 173 Å². The van der Waals surface area contributed by atoms with Crippen molar-refractivity contribution in [3.8, 4) is 17.4 Å². The van der Waals surface area contributed by atoms with Gasteiger partial charge in [0.15, 0.2) is 0 Å². The van der Waals surface area contributed by atoms with Crippen LogP contribution < -0.4 is 8.45 Å². The molecule has 2 rings (SSSR count). The fourth-order valence-electron chi connectivity index (χ4n) is 3.75. The van der Waals surface area contributed by atoms with Crippen molar-refractivity contribution < 1.29 is 14.2 Å². The van der Waals surface area contributed by atoms with Crippen molar-refractivity contribution in [1.29, 1.82) is 0 Å². The fourth-order valence-corrected chi connectivity index (χ4v) is 19.2. The Kier molecular flexibility index (Phi) is 9.55. The zero-order valence-corrected chi connectivity index (χ0v) is 20.4. The molecule has 0 saturated heterocycles. The monoisotopic (exact) mass is 495 g/mol. The summed E-state index contributed by atoms with van der Waals surface area (Å²) in [5, 5.41) is 9.59. The molecule has 1 heterocycles. The number of hydrogen-bond donors (Lipinski definition) is 1. The van der Waals surface area contributed by atoms with Crippen molar-refractivity contribution >= 4 is 22.1 Å². The molecule has 1 N–H and O–H groups in total. The molecule has 2 aromatic rings. The second-order valence-electron chi connectivity index (χ2n) is 7.67. The first-order valence-electron chi connectivity index (χ1n) is 10.7. The van der Waals surface area contributed by atoms with Gasteiger partial charge in [-0.2, -0.15) is 0 Å². The van der Waals surface area contributed by atoms with Crippen LogP contribution in [0.4, 0.5) is 4.39 Å². The van der Waals surface area contributed by atoms with E-state index in [0.29, 0.717) is 11.6 Å². The van der Waals surface area contributed by atoms with Crippen LogP contribution in [0.15, 0.2) is 36.4 Å². The van der Waals surface area contributed by atoms with Crippen LogP contribution in [0.2, 0.25) is 13.3 Å². The topological polar surface area (TPSA) is 42.4 Å². The van der Waals surface area contributed by atoms with Gasteiger partial charge in [0.25, 0.3) is 0 Å². The van der Waals surface area contributed by atoms with E-state index in [1.807, 2.05) is 12.1 Å². The number of pyridine rings is 1. The Bertz CT molecular complexity index is 717. The van der Waals surface area contributed by atoms with Gasteiger partial charge in [-0.25, -0.2) is 0 Å². The normalized spacial score (nSPS) is 11.6. The standard InChI is InChI=1S/C11H7FNO2.3C4H9.Sn/c12-9-5-4-8(7-10(9)14)15-11-3-1-2-6-13-11;3*1-3-4-2;/h1-5,7,14H;3*1,3-4H2,2H3;. The summed E-state index contributed by atoms with van der Waals surface area (Å²) >= 11 is -2.61. The molecule has 0 amide bonds. The van der Waals surface area contributed by atoms with Crippen LogP contribution in [0.3, 0.4) is 0 Å². The summed E-state index contributed by atoms with van der Waals surface area (Å²) < 4.78 is 24.5. The first-order valence-corrected chi connectivity index (χ1v) is 18.2. The molecule has 3 nitrogen and oxygen atoms in total. The molecule has 0 aliphatic rings. The summed E-state index contributed by atoms with van der Waals surface area (Å²) in [6.07, 6.45) is 7.51. The molecule has 0 unspecified atom stereocenters. The number of nitrogens with zero attached hydrogens (tertiary/aromatic N) is 1. The van der Waals surface area contributed by atoms with Gasteiger partial charge in [0.2, 0.25) is 0 Å². The minimum absolute atomic E-state index is 0.403. The third-order valence-corrected chi connectivity index (χ3v) is 20.6. The van der Waals surface area contributed by atoms with E-state index in [4.69, 9.17) is 9.72 Å². The molecule has 0 atom stereocenters. The average molecular weight is 494 g/mol. The quantitative estimate of drug-likeness (QED) is 0.331. The Morgan fingerprint density at radius 3 is 2.07 bits per heavy atom. The summed E-state index contributed by atoms with van der Waals surface area (Å²) in [6.45, 7) is 6.80. The van der Waals surface area contributed by atoms with Gasteiger partial charge >= 0.3 is 174 Å². The molecular formula is C23H34FNO2Sn. The molecule has 1 aromatic carbocycles. The Balaban J connectivity index is 2.33. The maximum atomic E-state index is 13.3. The number of unbranched alkanes of at least 4 members (excludes halogenated alkanes) is 3. The van der Waals surface area contributed by atoms with Crippen LogP contribution in [0.1, 0.15) is 59.3 Å². The van der Waals surface area contributed by atoms with Gasteiger partial charge in [-0.05, 0) is 0 Å². The third kappa shape index (κ3) is 6.36. The molecule has 1 aromatic heterocycles. The summed E-state index contributed by atoms with van der Waals surface area (Å²) in [4.78, 5) is 4.95. The third-order valence-electron chi connectivity index (χ3n) is 5.43. The summed E-state index contributed by atoms with van der Waals surface area (Å²) in [5.74, 6) is -0.118. The first-order chi connectivity index (χ1) is 13.5. The fraction of sp³-hybridized carbons (Fsp3) is 0.522. The second-order valence-corrected chi connectivity index (χ2v) is 20.7. The Morgan fingerprint density at radius 2 is 1.54 bits per heavy atom. The van der Waals surface area contributed by atoms with E-state index in [1.54, 1.807) is 0 Å². The van der Waals surface area contributed by atoms with Crippen molar-refractivity contribution in [3.63, 3.8) is 0 Å². The molecule has 5 heteroatoms. The molecule has 28 heavy (non-hydrogen) atoms. The predicted molar refractivity (Wildman–Crippen MR) is 117 cm³/mol. The number of halogens is 1. The summed E-state index contributed by atoms with van der Waals surface area (Å²) in [5.41, 5.74) is 0. The zero-order valence-electron chi connectivity index (χ0n) is 17.5. The zero-order chi connectivity index (χ0) is 20.4. The number of benzene rings is 1. The van der Waals surface area contributed by atoms with Gasteiger partial charge in [-0.15, -0.1) is 0 Å². The summed E-state index contributed by atoms with van der Waals surface area (Å²) in [6, 6.07) is 10.1. The van der Waals surface area contributed by atoms with Crippen molar-refractivity contribution in [1.82, 2.24) is 4.98 Å². The minimum atomic E-state index is -2.61. The Morgan fingerprint density at radius 1 is 0.929 bits per heavy atom. The number of phenolic OH excluding ortho intramolecular Hbond substituents is 1. The van der Waals surface area contributed by atoms with Gasteiger partial charge in [-0.1, -0.05) is 0 Å². The van der Waals surface area contributed by atoms with E-state index < -0.39 is 29.9 Å². The van der Waals surface area contributed by atoms with Crippen LogP contribution in [0, 0.1) is 5.82 Å². The van der Waals surface area contributed by atoms with Crippen LogP contribution in [0.25, 0.3) is 0 Å².